The van der Waals surface area contributed by atoms with Gasteiger partial charge in [0.15, 0.2) is 5.82 Å². The third-order valence-electron chi connectivity index (χ3n) is 3.15. The highest BCUT2D eigenvalue weighted by Crippen LogP contribution is 2.20. The van der Waals surface area contributed by atoms with Crippen LogP contribution in [-0.2, 0) is 11.3 Å². The van der Waals surface area contributed by atoms with Gasteiger partial charge in [0.1, 0.15) is 17.4 Å². The van der Waals surface area contributed by atoms with E-state index in [9.17, 15) is 5.26 Å². The monoisotopic (exact) mass is 310 g/mol. The first-order valence-electron chi connectivity index (χ1n) is 7.01. The van der Waals surface area contributed by atoms with Gasteiger partial charge in [-0.15, -0.1) is 0 Å². The second-order valence-corrected chi connectivity index (χ2v) is 4.80. The van der Waals surface area contributed by atoms with Gasteiger partial charge in [0.25, 0.3) is 0 Å². The van der Waals surface area contributed by atoms with E-state index in [1.165, 1.54) is 0 Å². The van der Waals surface area contributed by atoms with E-state index in [1.807, 2.05) is 37.3 Å². The SMILES string of the molecule is COCc1cc(C)nc(NN=Cc2ccccc2OC)c1C#N. The minimum Gasteiger partial charge on any atom is -0.496 e. The first-order chi connectivity index (χ1) is 11.2. The van der Waals surface area contributed by atoms with Crippen LogP contribution in [-0.4, -0.2) is 25.4 Å². The van der Waals surface area contributed by atoms with E-state index in [1.54, 1.807) is 20.4 Å². The molecule has 118 valence electrons. The molecule has 0 fully saturated rings. The molecule has 1 aromatic carbocycles. The molecule has 0 amide bonds. The number of aromatic nitrogens is 1. The molecule has 0 aliphatic carbocycles. The number of nitrogens with zero attached hydrogens (tertiary/aromatic N) is 3. The molecule has 2 aromatic rings. The van der Waals surface area contributed by atoms with Gasteiger partial charge in [-0.25, -0.2) is 4.98 Å². The zero-order chi connectivity index (χ0) is 16.7. The molecule has 1 heterocycles. The number of nitriles is 1. The normalized spacial score (nSPS) is 10.5. The van der Waals surface area contributed by atoms with Gasteiger partial charge < -0.3 is 9.47 Å². The molecule has 0 spiro atoms. The Kier molecular flexibility index (Phi) is 5.67. The number of benzene rings is 1. The number of hydrazone groups is 1. The topological polar surface area (TPSA) is 79.5 Å². The number of aryl methyl sites for hydroxylation is 1. The van der Waals surface area contributed by atoms with Crippen LogP contribution >= 0.6 is 0 Å². The molecular formula is C17H18N4O2. The standard InChI is InChI=1S/C17H18N4O2/c1-12-8-14(11-22-2)15(9-18)17(20-12)21-19-10-13-6-4-5-7-16(13)23-3/h4-8,10H,11H2,1-3H3,(H,20,21). The summed E-state index contributed by atoms with van der Waals surface area (Å²) in [4.78, 5) is 4.33. The van der Waals surface area contributed by atoms with Gasteiger partial charge in [0, 0.05) is 23.9 Å². The fourth-order valence-electron chi connectivity index (χ4n) is 2.15. The zero-order valence-electron chi connectivity index (χ0n) is 13.3. The maximum Gasteiger partial charge on any atom is 0.164 e. The summed E-state index contributed by atoms with van der Waals surface area (Å²) in [5, 5.41) is 13.5. The van der Waals surface area contributed by atoms with E-state index in [0.29, 0.717) is 18.0 Å². The number of methoxy groups -OCH3 is 2. The molecule has 0 radical (unpaired) electrons. The van der Waals surface area contributed by atoms with Crippen LogP contribution in [0.4, 0.5) is 5.82 Å². The largest absolute Gasteiger partial charge is 0.496 e. The molecule has 6 heteroatoms. The van der Waals surface area contributed by atoms with Gasteiger partial charge in [0.05, 0.1) is 19.9 Å². The molecule has 0 atom stereocenters. The van der Waals surface area contributed by atoms with Crippen LogP contribution in [0.1, 0.15) is 22.4 Å². The third kappa shape index (κ3) is 4.05. The van der Waals surface area contributed by atoms with Gasteiger partial charge in [-0.1, -0.05) is 12.1 Å². The fraction of sp³-hybridized carbons (Fsp3) is 0.235. The number of anilines is 1. The fourth-order valence-corrected chi connectivity index (χ4v) is 2.15. The molecule has 2 rings (SSSR count). The number of nitrogens with one attached hydrogen (secondary N) is 1. The Morgan fingerprint density at radius 3 is 2.83 bits per heavy atom. The van der Waals surface area contributed by atoms with Crippen LogP contribution in [0.3, 0.4) is 0 Å². The Bertz CT molecular complexity index is 751. The van der Waals surface area contributed by atoms with Crippen LogP contribution in [0.5, 0.6) is 5.75 Å². The van der Waals surface area contributed by atoms with Crippen LogP contribution in [0.25, 0.3) is 0 Å². The first kappa shape index (κ1) is 16.5. The Hall–Kier alpha value is -2.91. The predicted molar refractivity (Wildman–Crippen MR) is 88.6 cm³/mol. The maximum atomic E-state index is 9.36. The average Bonchev–Trinajstić information content (AvgIpc) is 2.55. The summed E-state index contributed by atoms with van der Waals surface area (Å²) in [6.45, 7) is 2.20. The van der Waals surface area contributed by atoms with Crippen molar-refractivity contribution in [2.75, 3.05) is 19.6 Å². The smallest absolute Gasteiger partial charge is 0.164 e. The van der Waals surface area contributed by atoms with Crippen LogP contribution in [0.2, 0.25) is 0 Å². The summed E-state index contributed by atoms with van der Waals surface area (Å²) in [5.41, 5.74) is 5.64. The molecule has 1 N–H and O–H groups in total. The Morgan fingerprint density at radius 2 is 2.13 bits per heavy atom. The summed E-state index contributed by atoms with van der Waals surface area (Å²) in [6, 6.07) is 11.5. The van der Waals surface area contributed by atoms with E-state index >= 15 is 0 Å². The first-order valence-corrected chi connectivity index (χ1v) is 7.01. The van der Waals surface area contributed by atoms with Crippen molar-refractivity contribution in [1.29, 1.82) is 5.26 Å². The van der Waals surface area contributed by atoms with Gasteiger partial charge >= 0.3 is 0 Å². The summed E-state index contributed by atoms with van der Waals surface area (Å²) < 4.78 is 10.4. The molecule has 1 aromatic heterocycles. The van der Waals surface area contributed by atoms with E-state index in [0.717, 1.165) is 22.6 Å². The summed E-state index contributed by atoms with van der Waals surface area (Å²) in [7, 11) is 3.19. The Labute approximate surface area is 135 Å². The van der Waals surface area contributed by atoms with Gasteiger partial charge in [-0.2, -0.15) is 10.4 Å². The van der Waals surface area contributed by atoms with Gasteiger partial charge in [0.2, 0.25) is 0 Å². The molecule has 6 nitrogen and oxygen atoms in total. The highest BCUT2D eigenvalue weighted by molar-refractivity contribution is 5.84. The molecular weight excluding hydrogens is 292 g/mol. The van der Waals surface area contributed by atoms with Crippen molar-refractivity contribution in [2.45, 2.75) is 13.5 Å². The van der Waals surface area contributed by atoms with E-state index in [-0.39, 0.29) is 0 Å². The number of para-hydroxylation sites is 1. The van der Waals surface area contributed by atoms with Crippen molar-refractivity contribution in [3.8, 4) is 11.8 Å². The van der Waals surface area contributed by atoms with Gasteiger partial charge in [-0.05, 0) is 25.1 Å². The van der Waals surface area contributed by atoms with Crippen molar-refractivity contribution in [2.24, 2.45) is 5.10 Å². The molecule has 0 aliphatic heterocycles. The molecule has 0 aliphatic rings. The van der Waals surface area contributed by atoms with Gasteiger partial charge in [-0.3, -0.25) is 5.43 Å². The second kappa shape index (κ2) is 7.92. The maximum absolute atomic E-state index is 9.36. The Balaban J connectivity index is 2.26. The lowest BCUT2D eigenvalue weighted by Gasteiger charge is -2.09. The number of ether oxygens (including phenoxy) is 2. The minimum absolute atomic E-state index is 0.344. The highest BCUT2D eigenvalue weighted by atomic mass is 16.5. The summed E-state index contributed by atoms with van der Waals surface area (Å²) in [6.07, 6.45) is 1.62. The third-order valence-corrected chi connectivity index (χ3v) is 3.15. The summed E-state index contributed by atoms with van der Waals surface area (Å²) in [5.74, 6) is 1.13. The lowest BCUT2D eigenvalue weighted by molar-refractivity contribution is 0.184. The molecule has 0 unspecified atom stereocenters. The second-order valence-electron chi connectivity index (χ2n) is 4.80. The van der Waals surface area contributed by atoms with Crippen molar-refractivity contribution in [3.63, 3.8) is 0 Å². The average molecular weight is 310 g/mol. The van der Waals surface area contributed by atoms with E-state index in [2.05, 4.69) is 21.6 Å². The quantitative estimate of drug-likeness (QED) is 0.655. The molecule has 23 heavy (non-hydrogen) atoms. The molecule has 0 saturated heterocycles. The predicted octanol–water partition coefficient (Wildman–Crippen LogP) is 2.86. The molecule has 0 saturated carbocycles. The highest BCUT2D eigenvalue weighted by Gasteiger charge is 2.10. The van der Waals surface area contributed by atoms with Crippen molar-refractivity contribution < 1.29 is 9.47 Å². The van der Waals surface area contributed by atoms with Crippen LogP contribution in [0.15, 0.2) is 35.4 Å². The van der Waals surface area contributed by atoms with E-state index < -0.39 is 0 Å². The lowest BCUT2D eigenvalue weighted by atomic mass is 10.1. The van der Waals surface area contributed by atoms with Crippen LogP contribution in [0, 0.1) is 18.3 Å². The van der Waals surface area contributed by atoms with Crippen LogP contribution < -0.4 is 10.2 Å². The summed E-state index contributed by atoms with van der Waals surface area (Å²) >= 11 is 0. The zero-order valence-corrected chi connectivity index (χ0v) is 13.3. The van der Waals surface area contributed by atoms with Crippen molar-refractivity contribution in [3.05, 3.63) is 52.7 Å². The van der Waals surface area contributed by atoms with E-state index in [4.69, 9.17) is 9.47 Å². The Morgan fingerprint density at radius 1 is 1.35 bits per heavy atom. The number of rotatable bonds is 6. The number of hydrogen-bond donors (Lipinski definition) is 1. The number of hydrogen-bond acceptors (Lipinski definition) is 6. The van der Waals surface area contributed by atoms with Crippen molar-refractivity contribution >= 4 is 12.0 Å². The minimum atomic E-state index is 0.344. The van der Waals surface area contributed by atoms with Crippen molar-refractivity contribution in [1.82, 2.24) is 4.98 Å². The number of pyridine rings is 1. The lowest BCUT2D eigenvalue weighted by Crippen LogP contribution is -2.03. The molecule has 0 bridgehead atoms.